The van der Waals surface area contributed by atoms with Crippen molar-refractivity contribution in [2.75, 3.05) is 6.54 Å². The molecule has 1 aliphatic rings. The van der Waals surface area contributed by atoms with Gasteiger partial charge in [-0.15, -0.1) is 0 Å². The maximum atomic E-state index is 11.9. The topological polar surface area (TPSA) is 62.2 Å². The van der Waals surface area contributed by atoms with Crippen LogP contribution >= 0.6 is 0 Å². The van der Waals surface area contributed by atoms with E-state index in [-0.39, 0.29) is 17.9 Å². The number of carbonyl (C=O) groups is 1. The molecule has 0 bridgehead atoms. The number of carbonyl (C=O) groups excluding carboxylic acids is 1. The van der Waals surface area contributed by atoms with Crippen molar-refractivity contribution in [3.63, 3.8) is 0 Å². The molecular weight excluding hydrogens is 240 g/mol. The van der Waals surface area contributed by atoms with Gasteiger partial charge in [-0.25, -0.2) is 0 Å². The van der Waals surface area contributed by atoms with E-state index in [2.05, 4.69) is 10.3 Å². The summed E-state index contributed by atoms with van der Waals surface area (Å²) in [4.78, 5) is 16.1. The number of hydrogen-bond acceptors (Lipinski definition) is 3. The Morgan fingerprint density at radius 2 is 2.26 bits per heavy atom. The summed E-state index contributed by atoms with van der Waals surface area (Å²) in [5, 5.41) is 12.8. The summed E-state index contributed by atoms with van der Waals surface area (Å²) in [6.07, 6.45) is 5.88. The number of aliphatic hydroxyl groups excluding tert-OH is 1. The summed E-state index contributed by atoms with van der Waals surface area (Å²) in [6, 6.07) is 3.83. The second-order valence-corrected chi connectivity index (χ2v) is 5.36. The van der Waals surface area contributed by atoms with Gasteiger partial charge in [-0.2, -0.15) is 0 Å². The number of aliphatic hydroxyl groups is 1. The van der Waals surface area contributed by atoms with Crippen LogP contribution in [0.25, 0.3) is 0 Å². The highest BCUT2D eigenvalue weighted by Crippen LogP contribution is 2.23. The molecule has 0 saturated heterocycles. The quantitative estimate of drug-likeness (QED) is 0.866. The molecule has 1 saturated carbocycles. The van der Waals surface area contributed by atoms with Crippen LogP contribution in [0.4, 0.5) is 0 Å². The number of nitrogens with one attached hydrogen (secondary N) is 1. The molecule has 104 valence electrons. The highest BCUT2D eigenvalue weighted by atomic mass is 16.3. The minimum absolute atomic E-state index is 0.0143. The predicted molar refractivity (Wildman–Crippen MR) is 73.7 cm³/mol. The predicted octanol–water partition coefficient (Wildman–Crippen LogP) is 1.60. The Kier molecular flexibility index (Phi) is 4.91. The lowest BCUT2D eigenvalue weighted by atomic mass is 9.86. The molecule has 4 heteroatoms. The Morgan fingerprint density at radius 3 is 3.00 bits per heavy atom. The molecule has 2 N–H and O–H groups in total. The van der Waals surface area contributed by atoms with Crippen LogP contribution in [-0.4, -0.2) is 28.6 Å². The number of rotatable bonds is 4. The third-order valence-electron chi connectivity index (χ3n) is 3.88. The Hall–Kier alpha value is -1.42. The van der Waals surface area contributed by atoms with Crippen LogP contribution in [-0.2, 0) is 11.2 Å². The molecule has 1 aromatic heterocycles. The highest BCUT2D eigenvalue weighted by molar-refractivity contribution is 5.78. The number of pyridine rings is 1. The number of hydrogen-bond donors (Lipinski definition) is 2. The zero-order chi connectivity index (χ0) is 13.7. The van der Waals surface area contributed by atoms with Crippen molar-refractivity contribution in [3.05, 3.63) is 29.6 Å². The second kappa shape index (κ2) is 6.66. The molecule has 1 heterocycles. The van der Waals surface area contributed by atoms with Gasteiger partial charge >= 0.3 is 0 Å². The van der Waals surface area contributed by atoms with Crippen molar-refractivity contribution in [1.82, 2.24) is 10.3 Å². The Labute approximate surface area is 114 Å². The van der Waals surface area contributed by atoms with E-state index in [1.165, 1.54) is 0 Å². The monoisotopic (exact) mass is 262 g/mol. The van der Waals surface area contributed by atoms with E-state index in [1.807, 2.05) is 19.1 Å². The van der Waals surface area contributed by atoms with Gasteiger partial charge in [-0.05, 0) is 31.4 Å². The van der Waals surface area contributed by atoms with Crippen LogP contribution in [0, 0.1) is 12.8 Å². The number of nitrogens with zero attached hydrogens (tertiary/aromatic N) is 1. The minimum atomic E-state index is -0.259. The van der Waals surface area contributed by atoms with Gasteiger partial charge in [0.25, 0.3) is 0 Å². The maximum Gasteiger partial charge on any atom is 0.226 e. The Balaban J connectivity index is 1.80. The molecule has 19 heavy (non-hydrogen) atoms. The van der Waals surface area contributed by atoms with Crippen molar-refractivity contribution >= 4 is 5.91 Å². The molecule has 1 fully saturated rings. The molecular formula is C15H22N2O2. The zero-order valence-electron chi connectivity index (χ0n) is 11.4. The van der Waals surface area contributed by atoms with E-state index < -0.39 is 0 Å². The van der Waals surface area contributed by atoms with Crippen molar-refractivity contribution in [2.45, 2.75) is 45.1 Å². The van der Waals surface area contributed by atoms with Crippen molar-refractivity contribution in [3.8, 4) is 0 Å². The first kappa shape index (κ1) is 14.0. The van der Waals surface area contributed by atoms with Crippen molar-refractivity contribution in [1.29, 1.82) is 0 Å². The van der Waals surface area contributed by atoms with Crippen LogP contribution < -0.4 is 5.32 Å². The fourth-order valence-electron chi connectivity index (χ4n) is 2.59. The van der Waals surface area contributed by atoms with Gasteiger partial charge in [0.2, 0.25) is 5.91 Å². The molecule has 0 aromatic carbocycles. The van der Waals surface area contributed by atoms with Crippen LogP contribution in [0.15, 0.2) is 18.3 Å². The van der Waals surface area contributed by atoms with Crippen molar-refractivity contribution < 1.29 is 9.90 Å². The first-order valence-electron chi connectivity index (χ1n) is 7.02. The van der Waals surface area contributed by atoms with E-state index >= 15 is 0 Å². The number of aromatic nitrogens is 1. The molecule has 0 aliphatic heterocycles. The van der Waals surface area contributed by atoms with Crippen molar-refractivity contribution in [2.24, 2.45) is 5.92 Å². The van der Waals surface area contributed by atoms with Crippen LogP contribution in [0.3, 0.4) is 0 Å². The van der Waals surface area contributed by atoms with Gasteiger partial charge in [0.15, 0.2) is 0 Å². The molecule has 2 rings (SSSR count). The average molecular weight is 262 g/mol. The third kappa shape index (κ3) is 4.03. The van der Waals surface area contributed by atoms with Crippen LogP contribution in [0.2, 0.25) is 0 Å². The molecule has 1 amide bonds. The van der Waals surface area contributed by atoms with E-state index in [4.69, 9.17) is 0 Å². The van der Waals surface area contributed by atoms with Gasteiger partial charge in [-0.3, -0.25) is 9.78 Å². The normalized spacial score (nSPS) is 23.1. The third-order valence-corrected chi connectivity index (χ3v) is 3.88. The van der Waals surface area contributed by atoms with E-state index in [0.29, 0.717) is 13.0 Å². The average Bonchev–Trinajstić information content (AvgIpc) is 2.40. The molecule has 0 radical (unpaired) electrons. The SMILES string of the molecule is Cc1cccnc1CC(=O)NCC1CCCCC1O. The molecule has 1 aromatic rings. The Bertz CT molecular complexity index is 434. The van der Waals surface area contributed by atoms with E-state index in [0.717, 1.165) is 36.9 Å². The number of aryl methyl sites for hydroxylation is 1. The minimum Gasteiger partial charge on any atom is -0.393 e. The summed E-state index contributed by atoms with van der Waals surface area (Å²) in [5.74, 6) is 0.196. The van der Waals surface area contributed by atoms with Gasteiger partial charge in [0, 0.05) is 18.7 Å². The lowest BCUT2D eigenvalue weighted by molar-refractivity contribution is -0.120. The summed E-state index contributed by atoms with van der Waals surface area (Å²) < 4.78 is 0. The molecule has 4 nitrogen and oxygen atoms in total. The van der Waals surface area contributed by atoms with Crippen LogP contribution in [0.5, 0.6) is 0 Å². The largest absolute Gasteiger partial charge is 0.393 e. The summed E-state index contributed by atoms with van der Waals surface area (Å²) in [7, 11) is 0. The van der Waals surface area contributed by atoms with Gasteiger partial charge in [0.05, 0.1) is 18.2 Å². The van der Waals surface area contributed by atoms with Gasteiger partial charge in [0.1, 0.15) is 0 Å². The maximum absolute atomic E-state index is 11.9. The standard InChI is InChI=1S/C15H22N2O2/c1-11-5-4-8-16-13(11)9-15(19)17-10-12-6-2-3-7-14(12)18/h4-5,8,12,14,18H,2-3,6-7,9-10H2,1H3,(H,17,19). The summed E-state index contributed by atoms with van der Waals surface area (Å²) in [6.45, 7) is 2.53. The summed E-state index contributed by atoms with van der Waals surface area (Å²) >= 11 is 0. The fraction of sp³-hybridized carbons (Fsp3) is 0.600. The first-order valence-corrected chi connectivity index (χ1v) is 7.02. The lowest BCUT2D eigenvalue weighted by Crippen LogP contribution is -2.37. The van der Waals surface area contributed by atoms with E-state index in [1.54, 1.807) is 6.20 Å². The van der Waals surface area contributed by atoms with Gasteiger partial charge < -0.3 is 10.4 Å². The second-order valence-electron chi connectivity index (χ2n) is 5.36. The Morgan fingerprint density at radius 1 is 1.47 bits per heavy atom. The highest BCUT2D eigenvalue weighted by Gasteiger charge is 2.23. The number of amides is 1. The molecule has 1 aliphatic carbocycles. The molecule has 0 spiro atoms. The van der Waals surface area contributed by atoms with Crippen LogP contribution in [0.1, 0.15) is 36.9 Å². The molecule has 2 unspecified atom stereocenters. The summed E-state index contributed by atoms with van der Waals surface area (Å²) in [5.41, 5.74) is 1.86. The zero-order valence-corrected chi connectivity index (χ0v) is 11.4. The fourth-order valence-corrected chi connectivity index (χ4v) is 2.59. The van der Waals surface area contributed by atoms with Gasteiger partial charge in [-0.1, -0.05) is 18.9 Å². The lowest BCUT2D eigenvalue weighted by Gasteiger charge is -2.27. The van der Waals surface area contributed by atoms with E-state index in [9.17, 15) is 9.90 Å². The molecule has 2 atom stereocenters. The smallest absolute Gasteiger partial charge is 0.226 e. The first-order chi connectivity index (χ1) is 9.16.